The lowest BCUT2D eigenvalue weighted by Gasteiger charge is -2.12. The van der Waals surface area contributed by atoms with Crippen LogP contribution < -0.4 is 10.5 Å². The summed E-state index contributed by atoms with van der Waals surface area (Å²) in [5.74, 6) is -0.718. The molecule has 0 aliphatic carbocycles. The lowest BCUT2D eigenvalue weighted by atomic mass is 10.3. The van der Waals surface area contributed by atoms with E-state index in [1.165, 1.54) is 12.1 Å². The Morgan fingerprint density at radius 3 is 2.30 bits per heavy atom. The topological polar surface area (TPSA) is 72.2 Å². The molecule has 2 aromatic rings. The lowest BCUT2D eigenvalue weighted by Crippen LogP contribution is -2.15. The van der Waals surface area contributed by atoms with Crippen molar-refractivity contribution in [2.24, 2.45) is 0 Å². The SMILES string of the molecule is Nc1ccc(F)cc1S(=O)(=O)Nc1c(Cl)cccc1Cl. The summed E-state index contributed by atoms with van der Waals surface area (Å²) in [7, 11) is -4.10. The van der Waals surface area contributed by atoms with Gasteiger partial charge in [0.25, 0.3) is 10.0 Å². The number of hydrogen-bond donors (Lipinski definition) is 2. The Balaban J connectivity index is 2.49. The first-order valence-electron chi connectivity index (χ1n) is 5.33. The van der Waals surface area contributed by atoms with Crippen LogP contribution in [-0.4, -0.2) is 8.42 Å². The van der Waals surface area contributed by atoms with Gasteiger partial charge in [-0.15, -0.1) is 0 Å². The smallest absolute Gasteiger partial charge is 0.264 e. The fraction of sp³-hybridized carbons (Fsp3) is 0. The van der Waals surface area contributed by atoms with Crippen LogP contribution in [0.2, 0.25) is 10.0 Å². The third-order valence-corrected chi connectivity index (χ3v) is 4.50. The summed E-state index contributed by atoms with van der Waals surface area (Å²) >= 11 is 11.8. The molecule has 0 atom stereocenters. The van der Waals surface area contributed by atoms with Crippen molar-refractivity contribution in [1.29, 1.82) is 0 Å². The lowest BCUT2D eigenvalue weighted by molar-refractivity contribution is 0.596. The molecule has 2 rings (SSSR count). The Labute approximate surface area is 125 Å². The zero-order valence-corrected chi connectivity index (χ0v) is 12.2. The van der Waals surface area contributed by atoms with E-state index in [4.69, 9.17) is 28.9 Å². The molecule has 106 valence electrons. The second kappa shape index (κ2) is 5.47. The summed E-state index contributed by atoms with van der Waals surface area (Å²) in [6, 6.07) is 7.57. The van der Waals surface area contributed by atoms with Gasteiger partial charge in [0, 0.05) is 0 Å². The second-order valence-electron chi connectivity index (χ2n) is 3.88. The van der Waals surface area contributed by atoms with Crippen molar-refractivity contribution in [3.05, 3.63) is 52.3 Å². The van der Waals surface area contributed by atoms with Crippen LogP contribution in [0.1, 0.15) is 0 Å². The molecule has 0 saturated carbocycles. The van der Waals surface area contributed by atoms with Crippen molar-refractivity contribution in [1.82, 2.24) is 0 Å². The summed E-state index contributed by atoms with van der Waals surface area (Å²) in [4.78, 5) is -0.381. The molecular formula is C12H9Cl2FN2O2S. The number of halogens is 3. The van der Waals surface area contributed by atoms with Gasteiger partial charge in [-0.3, -0.25) is 4.72 Å². The molecular weight excluding hydrogens is 326 g/mol. The largest absolute Gasteiger partial charge is 0.398 e. The first kappa shape index (κ1) is 14.9. The van der Waals surface area contributed by atoms with E-state index in [-0.39, 0.29) is 26.3 Å². The van der Waals surface area contributed by atoms with E-state index >= 15 is 0 Å². The molecule has 0 spiro atoms. The summed E-state index contributed by atoms with van der Waals surface area (Å²) in [5, 5.41) is 0.243. The third kappa shape index (κ3) is 2.98. The summed E-state index contributed by atoms with van der Waals surface area (Å²) in [5.41, 5.74) is 5.49. The van der Waals surface area contributed by atoms with Crippen LogP contribution in [0.5, 0.6) is 0 Å². The van der Waals surface area contributed by atoms with E-state index in [0.717, 1.165) is 18.2 Å². The molecule has 0 aliphatic heterocycles. The molecule has 20 heavy (non-hydrogen) atoms. The van der Waals surface area contributed by atoms with Crippen molar-refractivity contribution in [2.45, 2.75) is 4.90 Å². The Hall–Kier alpha value is -1.50. The van der Waals surface area contributed by atoms with Gasteiger partial charge in [-0.1, -0.05) is 29.3 Å². The molecule has 0 bridgehead atoms. The Bertz CT molecular complexity index is 746. The van der Waals surface area contributed by atoms with E-state index in [2.05, 4.69) is 4.72 Å². The van der Waals surface area contributed by atoms with Gasteiger partial charge < -0.3 is 5.73 Å². The number of benzene rings is 2. The van der Waals surface area contributed by atoms with Crippen molar-refractivity contribution in [2.75, 3.05) is 10.5 Å². The van der Waals surface area contributed by atoms with Crippen molar-refractivity contribution in [3.63, 3.8) is 0 Å². The molecule has 0 radical (unpaired) electrons. The van der Waals surface area contributed by atoms with Crippen LogP contribution in [0.25, 0.3) is 0 Å². The van der Waals surface area contributed by atoms with E-state index < -0.39 is 15.8 Å². The van der Waals surface area contributed by atoms with Crippen LogP contribution in [0.4, 0.5) is 15.8 Å². The molecule has 0 heterocycles. The molecule has 0 aliphatic rings. The fourth-order valence-electron chi connectivity index (χ4n) is 1.53. The van der Waals surface area contributed by atoms with Gasteiger partial charge in [0.2, 0.25) is 0 Å². The summed E-state index contributed by atoms with van der Waals surface area (Å²) < 4.78 is 39.8. The zero-order valence-electron chi connectivity index (χ0n) is 9.90. The zero-order chi connectivity index (χ0) is 14.9. The Kier molecular flexibility index (Phi) is 4.08. The van der Waals surface area contributed by atoms with Gasteiger partial charge in [-0.2, -0.15) is 0 Å². The quantitative estimate of drug-likeness (QED) is 0.843. The van der Waals surface area contributed by atoms with Crippen LogP contribution >= 0.6 is 23.2 Å². The van der Waals surface area contributed by atoms with E-state index in [0.29, 0.717) is 0 Å². The van der Waals surface area contributed by atoms with Crippen molar-refractivity contribution in [3.8, 4) is 0 Å². The molecule has 0 aromatic heterocycles. The molecule has 0 unspecified atom stereocenters. The van der Waals surface area contributed by atoms with Gasteiger partial charge in [0.05, 0.1) is 21.4 Å². The predicted molar refractivity (Wildman–Crippen MR) is 78.1 cm³/mol. The van der Waals surface area contributed by atoms with Gasteiger partial charge in [-0.25, -0.2) is 12.8 Å². The van der Waals surface area contributed by atoms with Crippen LogP contribution in [0, 0.1) is 5.82 Å². The first-order chi connectivity index (χ1) is 9.31. The second-order valence-corrected chi connectivity index (χ2v) is 6.35. The molecule has 3 N–H and O–H groups in total. The number of para-hydroxylation sites is 1. The van der Waals surface area contributed by atoms with Crippen molar-refractivity contribution >= 4 is 44.6 Å². The standard InChI is InChI=1S/C12H9Cl2FN2O2S/c13-8-2-1-3-9(14)12(8)17-20(18,19)11-6-7(15)4-5-10(11)16/h1-6,17H,16H2. The molecule has 8 heteroatoms. The van der Waals surface area contributed by atoms with E-state index in [1.807, 2.05) is 0 Å². The first-order valence-corrected chi connectivity index (χ1v) is 7.57. The summed E-state index contributed by atoms with van der Waals surface area (Å²) in [6.07, 6.45) is 0. The maximum atomic E-state index is 13.2. The monoisotopic (exact) mass is 334 g/mol. The molecule has 0 amide bonds. The van der Waals surface area contributed by atoms with Crippen molar-refractivity contribution < 1.29 is 12.8 Å². The maximum absolute atomic E-state index is 13.2. The average Bonchev–Trinajstić information content (AvgIpc) is 2.37. The predicted octanol–water partition coefficient (Wildman–Crippen LogP) is 3.52. The van der Waals surface area contributed by atoms with E-state index in [1.54, 1.807) is 6.07 Å². The minimum Gasteiger partial charge on any atom is -0.398 e. The number of anilines is 2. The Morgan fingerprint density at radius 2 is 1.70 bits per heavy atom. The fourth-order valence-corrected chi connectivity index (χ4v) is 3.37. The number of nitrogen functional groups attached to an aromatic ring is 1. The summed E-state index contributed by atoms with van der Waals surface area (Å²) in [6.45, 7) is 0. The molecule has 2 aromatic carbocycles. The van der Waals surface area contributed by atoms with Crippen LogP contribution in [0.3, 0.4) is 0 Å². The number of sulfonamides is 1. The average molecular weight is 335 g/mol. The molecule has 0 saturated heterocycles. The highest BCUT2D eigenvalue weighted by molar-refractivity contribution is 7.93. The van der Waals surface area contributed by atoms with Crippen LogP contribution in [0.15, 0.2) is 41.3 Å². The highest BCUT2D eigenvalue weighted by Gasteiger charge is 2.20. The normalized spacial score (nSPS) is 11.3. The van der Waals surface area contributed by atoms with Gasteiger partial charge in [0.15, 0.2) is 0 Å². The van der Waals surface area contributed by atoms with Gasteiger partial charge >= 0.3 is 0 Å². The minimum atomic E-state index is -4.10. The van der Waals surface area contributed by atoms with Gasteiger partial charge in [0.1, 0.15) is 10.7 Å². The highest BCUT2D eigenvalue weighted by atomic mass is 35.5. The maximum Gasteiger partial charge on any atom is 0.264 e. The third-order valence-electron chi connectivity index (χ3n) is 2.46. The molecule has 0 fully saturated rings. The molecule has 4 nitrogen and oxygen atoms in total. The number of rotatable bonds is 3. The van der Waals surface area contributed by atoms with Gasteiger partial charge in [-0.05, 0) is 30.3 Å². The number of hydrogen-bond acceptors (Lipinski definition) is 3. The Morgan fingerprint density at radius 1 is 1.10 bits per heavy atom. The number of nitrogens with two attached hydrogens (primary N) is 1. The van der Waals surface area contributed by atoms with E-state index in [9.17, 15) is 12.8 Å². The number of nitrogens with one attached hydrogen (secondary N) is 1. The highest BCUT2D eigenvalue weighted by Crippen LogP contribution is 2.32. The van der Waals surface area contributed by atoms with Crippen LogP contribution in [-0.2, 0) is 10.0 Å². The minimum absolute atomic E-state index is 0.0134.